The topological polar surface area (TPSA) is 29.9 Å². The number of hydrogen-bond acceptors (Lipinski definition) is 2. The van der Waals surface area contributed by atoms with Gasteiger partial charge in [-0.1, -0.05) is 43.3 Å². The molecule has 108 valence electrons. The van der Waals surface area contributed by atoms with Crippen LogP contribution in [0.2, 0.25) is 0 Å². The maximum absolute atomic E-state index is 14.0. The predicted octanol–water partition coefficient (Wildman–Crippen LogP) is 3.53. The summed E-state index contributed by atoms with van der Waals surface area (Å²) in [5, 5.41) is 8.87. The Kier molecular flexibility index (Phi) is 3.97. The third kappa shape index (κ3) is 2.81. The van der Waals surface area contributed by atoms with Crippen LogP contribution in [0.1, 0.15) is 18.5 Å². The van der Waals surface area contributed by atoms with Crippen molar-refractivity contribution >= 4 is 10.9 Å². The second kappa shape index (κ2) is 6.06. The Balaban J connectivity index is 1.94. The summed E-state index contributed by atoms with van der Waals surface area (Å²) in [7, 11) is 0. The zero-order valence-corrected chi connectivity index (χ0v) is 12.0. The van der Waals surface area contributed by atoms with Gasteiger partial charge in [0.1, 0.15) is 5.82 Å². The molecule has 0 bridgehead atoms. The third-order valence-electron chi connectivity index (χ3n) is 3.64. The first kappa shape index (κ1) is 13.8. The highest BCUT2D eigenvalue weighted by atomic mass is 19.1. The normalized spacial score (nSPS) is 12.7. The molecule has 0 amide bonds. The van der Waals surface area contributed by atoms with Crippen LogP contribution in [0, 0.1) is 5.82 Å². The lowest BCUT2D eigenvalue weighted by atomic mass is 10.1. The number of para-hydroxylation sites is 1. The number of nitrogens with zero attached hydrogens (tertiary/aromatic N) is 2. The van der Waals surface area contributed by atoms with Crippen molar-refractivity contribution in [3.63, 3.8) is 0 Å². The van der Waals surface area contributed by atoms with E-state index < -0.39 is 0 Å². The Bertz CT molecular complexity index is 735. The molecule has 21 heavy (non-hydrogen) atoms. The molecule has 0 saturated heterocycles. The molecule has 0 aliphatic heterocycles. The number of fused-ring (bicyclic) bond motifs is 1. The standard InChI is InChI=1S/C17H18FN3/c1-2-19-16(14-8-4-5-9-15(14)18)12-21-17-10-6-3-7-13(17)11-20-21/h3-11,16,19H,2,12H2,1H3. The van der Waals surface area contributed by atoms with Crippen LogP contribution in [0.25, 0.3) is 10.9 Å². The first-order valence-corrected chi connectivity index (χ1v) is 7.18. The SMILES string of the molecule is CCNC(Cn1ncc2ccccc21)c1ccccc1F. The van der Waals surface area contributed by atoms with Gasteiger partial charge >= 0.3 is 0 Å². The van der Waals surface area contributed by atoms with Gasteiger partial charge in [-0.2, -0.15) is 5.10 Å². The van der Waals surface area contributed by atoms with Crippen molar-refractivity contribution in [2.24, 2.45) is 0 Å². The molecule has 1 N–H and O–H groups in total. The number of aromatic nitrogens is 2. The summed E-state index contributed by atoms with van der Waals surface area (Å²) in [6.45, 7) is 3.40. The molecule has 1 atom stereocenters. The highest BCUT2D eigenvalue weighted by Crippen LogP contribution is 2.21. The van der Waals surface area contributed by atoms with Crippen molar-refractivity contribution in [2.75, 3.05) is 6.54 Å². The van der Waals surface area contributed by atoms with Gasteiger partial charge < -0.3 is 5.32 Å². The molecule has 3 rings (SSSR count). The summed E-state index contributed by atoms with van der Waals surface area (Å²) < 4.78 is 16.0. The Labute approximate surface area is 123 Å². The highest BCUT2D eigenvalue weighted by Gasteiger charge is 2.16. The smallest absolute Gasteiger partial charge is 0.128 e. The molecule has 3 nitrogen and oxygen atoms in total. The number of nitrogens with one attached hydrogen (secondary N) is 1. The maximum Gasteiger partial charge on any atom is 0.128 e. The van der Waals surface area contributed by atoms with Crippen LogP contribution in [0.15, 0.2) is 54.7 Å². The molecule has 0 fully saturated rings. The summed E-state index contributed by atoms with van der Waals surface area (Å²) in [4.78, 5) is 0. The van der Waals surface area contributed by atoms with Crippen molar-refractivity contribution in [1.82, 2.24) is 15.1 Å². The molecule has 3 aromatic rings. The molecule has 1 unspecified atom stereocenters. The van der Waals surface area contributed by atoms with E-state index in [1.807, 2.05) is 54.2 Å². The quantitative estimate of drug-likeness (QED) is 0.776. The van der Waals surface area contributed by atoms with E-state index in [2.05, 4.69) is 10.4 Å². The minimum atomic E-state index is -0.181. The Morgan fingerprint density at radius 2 is 1.90 bits per heavy atom. The van der Waals surface area contributed by atoms with E-state index >= 15 is 0 Å². The summed E-state index contributed by atoms with van der Waals surface area (Å²) in [6.07, 6.45) is 1.85. The van der Waals surface area contributed by atoms with E-state index in [-0.39, 0.29) is 11.9 Å². The zero-order chi connectivity index (χ0) is 14.7. The van der Waals surface area contributed by atoms with Gasteiger partial charge in [-0.05, 0) is 18.7 Å². The number of benzene rings is 2. The number of halogens is 1. The molecule has 1 heterocycles. The van der Waals surface area contributed by atoms with E-state index in [1.54, 1.807) is 6.07 Å². The lowest BCUT2D eigenvalue weighted by Crippen LogP contribution is -2.26. The van der Waals surface area contributed by atoms with E-state index in [1.165, 1.54) is 6.07 Å². The molecular weight excluding hydrogens is 265 g/mol. The van der Waals surface area contributed by atoms with Crippen LogP contribution in [0.3, 0.4) is 0 Å². The van der Waals surface area contributed by atoms with Gasteiger partial charge in [0.05, 0.1) is 24.3 Å². The Morgan fingerprint density at radius 3 is 2.71 bits per heavy atom. The molecule has 0 saturated carbocycles. The van der Waals surface area contributed by atoms with Crippen molar-refractivity contribution in [2.45, 2.75) is 19.5 Å². The van der Waals surface area contributed by atoms with Gasteiger partial charge in [0.2, 0.25) is 0 Å². The van der Waals surface area contributed by atoms with E-state index in [0.717, 1.165) is 17.4 Å². The molecular formula is C17H18FN3. The summed E-state index contributed by atoms with van der Waals surface area (Å²) in [5.74, 6) is -0.181. The van der Waals surface area contributed by atoms with Gasteiger partial charge in [-0.15, -0.1) is 0 Å². The minimum Gasteiger partial charge on any atom is -0.309 e. The van der Waals surface area contributed by atoms with Crippen LogP contribution >= 0.6 is 0 Å². The van der Waals surface area contributed by atoms with E-state index in [9.17, 15) is 4.39 Å². The summed E-state index contributed by atoms with van der Waals surface area (Å²) in [6, 6.07) is 14.9. The average Bonchev–Trinajstić information content (AvgIpc) is 2.91. The summed E-state index contributed by atoms with van der Waals surface area (Å²) in [5.41, 5.74) is 1.75. The van der Waals surface area contributed by atoms with Crippen molar-refractivity contribution in [3.8, 4) is 0 Å². The molecule has 4 heteroatoms. The molecule has 1 aromatic heterocycles. The predicted molar refractivity (Wildman–Crippen MR) is 82.6 cm³/mol. The third-order valence-corrected chi connectivity index (χ3v) is 3.64. The van der Waals surface area contributed by atoms with Gasteiger partial charge in [-0.25, -0.2) is 4.39 Å². The van der Waals surface area contributed by atoms with E-state index in [4.69, 9.17) is 0 Å². The lowest BCUT2D eigenvalue weighted by Gasteiger charge is -2.19. The number of hydrogen-bond donors (Lipinski definition) is 1. The monoisotopic (exact) mass is 283 g/mol. The van der Waals surface area contributed by atoms with Crippen LogP contribution < -0.4 is 5.32 Å². The maximum atomic E-state index is 14.0. The molecule has 0 spiro atoms. The fourth-order valence-corrected chi connectivity index (χ4v) is 2.62. The molecule has 0 aliphatic carbocycles. The fourth-order valence-electron chi connectivity index (χ4n) is 2.62. The average molecular weight is 283 g/mol. The largest absolute Gasteiger partial charge is 0.309 e. The number of likely N-dealkylation sites (N-methyl/N-ethyl adjacent to an activating group) is 1. The van der Waals surface area contributed by atoms with Crippen LogP contribution in [0.5, 0.6) is 0 Å². The Hall–Kier alpha value is -2.20. The first-order valence-electron chi connectivity index (χ1n) is 7.18. The van der Waals surface area contributed by atoms with Gasteiger partial charge in [0.25, 0.3) is 0 Å². The lowest BCUT2D eigenvalue weighted by molar-refractivity contribution is 0.438. The molecule has 2 aromatic carbocycles. The molecule has 0 aliphatic rings. The van der Waals surface area contributed by atoms with Gasteiger partial charge in [-0.3, -0.25) is 4.68 Å². The van der Waals surface area contributed by atoms with Crippen LogP contribution in [-0.2, 0) is 6.54 Å². The second-order valence-electron chi connectivity index (χ2n) is 5.02. The highest BCUT2D eigenvalue weighted by molar-refractivity contribution is 5.78. The number of rotatable bonds is 5. The van der Waals surface area contributed by atoms with E-state index in [0.29, 0.717) is 12.1 Å². The minimum absolute atomic E-state index is 0.0977. The Morgan fingerprint density at radius 1 is 1.14 bits per heavy atom. The van der Waals surface area contributed by atoms with Crippen molar-refractivity contribution in [1.29, 1.82) is 0 Å². The van der Waals surface area contributed by atoms with Crippen LogP contribution in [0.4, 0.5) is 4.39 Å². The summed E-state index contributed by atoms with van der Waals surface area (Å²) >= 11 is 0. The van der Waals surface area contributed by atoms with Crippen molar-refractivity contribution < 1.29 is 4.39 Å². The van der Waals surface area contributed by atoms with Crippen LogP contribution in [-0.4, -0.2) is 16.3 Å². The zero-order valence-electron chi connectivity index (χ0n) is 12.0. The van der Waals surface area contributed by atoms with Gasteiger partial charge in [0.15, 0.2) is 0 Å². The van der Waals surface area contributed by atoms with Crippen molar-refractivity contribution in [3.05, 3.63) is 66.1 Å². The fraction of sp³-hybridized carbons (Fsp3) is 0.235. The molecule has 0 radical (unpaired) electrons. The van der Waals surface area contributed by atoms with Gasteiger partial charge in [0, 0.05) is 10.9 Å². The first-order chi connectivity index (χ1) is 10.3. The second-order valence-corrected chi connectivity index (χ2v) is 5.02.